The summed E-state index contributed by atoms with van der Waals surface area (Å²) in [4.78, 5) is 16.5. The number of rotatable bonds is 6. The number of anilines is 1. The summed E-state index contributed by atoms with van der Waals surface area (Å²) in [5, 5.41) is 16.6. The Hall–Kier alpha value is -3.92. The molecule has 140 valence electrons. The molecule has 7 nitrogen and oxygen atoms in total. The van der Waals surface area contributed by atoms with Gasteiger partial charge in [0.15, 0.2) is 0 Å². The summed E-state index contributed by atoms with van der Waals surface area (Å²) in [6, 6.07) is 12.6. The number of nitrogens with zero attached hydrogens (tertiary/aromatic N) is 4. The number of carbonyl (C=O) groups excluding carboxylic acids is 1. The number of aryl methyl sites for hydroxylation is 1. The molecule has 28 heavy (non-hydrogen) atoms. The molecule has 0 bridgehead atoms. The maximum absolute atomic E-state index is 12.5. The molecule has 0 aliphatic heterocycles. The van der Waals surface area contributed by atoms with Crippen molar-refractivity contribution in [1.82, 2.24) is 14.8 Å². The van der Waals surface area contributed by atoms with Gasteiger partial charge in [0.25, 0.3) is 5.91 Å². The highest BCUT2D eigenvalue weighted by atomic mass is 16.5. The van der Waals surface area contributed by atoms with E-state index in [1.54, 1.807) is 54.6 Å². The summed E-state index contributed by atoms with van der Waals surface area (Å²) in [7, 11) is 1.79. The van der Waals surface area contributed by atoms with Crippen molar-refractivity contribution in [2.75, 3.05) is 11.9 Å². The number of pyridine rings is 1. The van der Waals surface area contributed by atoms with Gasteiger partial charge in [-0.2, -0.15) is 10.4 Å². The first-order valence-corrected chi connectivity index (χ1v) is 8.70. The predicted octanol–water partition coefficient (Wildman–Crippen LogP) is 3.43. The maximum Gasteiger partial charge on any atom is 0.266 e. The van der Waals surface area contributed by atoms with Crippen LogP contribution in [0.2, 0.25) is 0 Å². The zero-order chi connectivity index (χ0) is 19.9. The topological polar surface area (TPSA) is 92.8 Å². The van der Waals surface area contributed by atoms with Gasteiger partial charge in [-0.1, -0.05) is 0 Å². The Morgan fingerprint density at radius 3 is 2.61 bits per heavy atom. The number of carbonyl (C=O) groups is 1. The molecule has 3 aromatic rings. The first-order valence-electron chi connectivity index (χ1n) is 8.70. The van der Waals surface area contributed by atoms with Gasteiger partial charge in [-0.25, -0.2) is 0 Å². The molecule has 0 unspecified atom stereocenters. The second kappa shape index (κ2) is 8.64. The molecule has 0 saturated carbocycles. The second-order valence-electron chi connectivity index (χ2n) is 5.92. The summed E-state index contributed by atoms with van der Waals surface area (Å²) in [6.07, 6.45) is 6.63. The molecule has 0 saturated heterocycles. The van der Waals surface area contributed by atoms with Crippen molar-refractivity contribution in [3.05, 3.63) is 66.1 Å². The third-order valence-electron chi connectivity index (χ3n) is 3.90. The molecular formula is C21H19N5O2. The normalized spacial score (nSPS) is 11.0. The standard InChI is InChI=1S/C21H19N5O2/c1-3-28-19-6-4-18(5-7-19)24-21(27)16(13-22)12-17-14-26(2)25-20(17)15-8-10-23-11-9-15/h4-12,14H,3H2,1-2H3,(H,24,27). The molecule has 2 heterocycles. The Labute approximate surface area is 162 Å². The average Bonchev–Trinajstić information content (AvgIpc) is 3.08. The molecule has 0 radical (unpaired) electrons. The van der Waals surface area contributed by atoms with Crippen LogP contribution in [0.5, 0.6) is 5.75 Å². The number of aromatic nitrogens is 3. The van der Waals surface area contributed by atoms with E-state index in [2.05, 4.69) is 15.4 Å². The van der Waals surface area contributed by atoms with E-state index in [0.717, 1.165) is 5.56 Å². The van der Waals surface area contributed by atoms with Crippen molar-refractivity contribution in [3.8, 4) is 23.1 Å². The van der Waals surface area contributed by atoms with Gasteiger partial charge in [0.1, 0.15) is 17.4 Å². The average molecular weight is 373 g/mol. The van der Waals surface area contributed by atoms with Crippen LogP contribution in [0, 0.1) is 11.3 Å². The van der Waals surface area contributed by atoms with Crippen LogP contribution in [0.3, 0.4) is 0 Å². The number of nitriles is 1. The highest BCUT2D eigenvalue weighted by Gasteiger charge is 2.14. The molecule has 2 aromatic heterocycles. The first kappa shape index (κ1) is 18.9. The summed E-state index contributed by atoms with van der Waals surface area (Å²) in [6.45, 7) is 2.47. The first-order chi connectivity index (χ1) is 13.6. The highest BCUT2D eigenvalue weighted by Crippen LogP contribution is 2.24. The number of nitrogens with one attached hydrogen (secondary N) is 1. The lowest BCUT2D eigenvalue weighted by Crippen LogP contribution is -2.13. The summed E-state index contributed by atoms with van der Waals surface area (Å²) >= 11 is 0. The lowest BCUT2D eigenvalue weighted by molar-refractivity contribution is -0.112. The molecule has 0 aliphatic rings. The number of benzene rings is 1. The lowest BCUT2D eigenvalue weighted by atomic mass is 10.1. The molecule has 1 amide bonds. The van der Waals surface area contributed by atoms with Crippen molar-refractivity contribution in [2.45, 2.75) is 6.92 Å². The van der Waals surface area contributed by atoms with Crippen molar-refractivity contribution in [3.63, 3.8) is 0 Å². The number of hydrogen-bond donors (Lipinski definition) is 1. The van der Waals surface area contributed by atoms with Gasteiger partial charge >= 0.3 is 0 Å². The monoisotopic (exact) mass is 373 g/mol. The maximum atomic E-state index is 12.5. The highest BCUT2D eigenvalue weighted by molar-refractivity contribution is 6.10. The van der Waals surface area contributed by atoms with Crippen molar-refractivity contribution >= 4 is 17.7 Å². The molecule has 1 N–H and O–H groups in total. The summed E-state index contributed by atoms with van der Waals surface area (Å²) in [5.41, 5.74) is 2.76. The van der Waals surface area contributed by atoms with Gasteiger partial charge in [0.2, 0.25) is 0 Å². The Bertz CT molecular complexity index is 1030. The van der Waals surface area contributed by atoms with Crippen LogP contribution >= 0.6 is 0 Å². The minimum Gasteiger partial charge on any atom is -0.494 e. The fourth-order valence-corrected chi connectivity index (χ4v) is 2.65. The van der Waals surface area contributed by atoms with Crippen molar-refractivity contribution in [2.24, 2.45) is 7.05 Å². The minimum absolute atomic E-state index is 0.0165. The van der Waals surface area contributed by atoms with Crippen molar-refractivity contribution < 1.29 is 9.53 Å². The van der Waals surface area contributed by atoms with E-state index < -0.39 is 5.91 Å². The molecular weight excluding hydrogens is 354 g/mol. The van der Waals surface area contributed by atoms with Gasteiger partial charge < -0.3 is 10.1 Å². The van der Waals surface area contributed by atoms with Gasteiger partial charge in [-0.3, -0.25) is 14.5 Å². The minimum atomic E-state index is -0.490. The summed E-state index contributed by atoms with van der Waals surface area (Å²) < 4.78 is 7.02. The van der Waals surface area contributed by atoms with Crippen LogP contribution in [0.4, 0.5) is 5.69 Å². The van der Waals surface area contributed by atoms with E-state index in [-0.39, 0.29) is 5.57 Å². The van der Waals surface area contributed by atoms with Crippen LogP contribution < -0.4 is 10.1 Å². The van der Waals surface area contributed by atoms with Crippen molar-refractivity contribution in [1.29, 1.82) is 5.26 Å². The lowest BCUT2D eigenvalue weighted by Gasteiger charge is -2.06. The molecule has 0 aliphatic carbocycles. The van der Waals surface area contributed by atoms with Crippen LogP contribution in [-0.2, 0) is 11.8 Å². The smallest absolute Gasteiger partial charge is 0.266 e. The Kier molecular flexibility index (Phi) is 5.82. The Balaban J connectivity index is 1.84. The molecule has 7 heteroatoms. The molecule has 0 atom stereocenters. The van der Waals surface area contributed by atoms with E-state index in [4.69, 9.17) is 4.74 Å². The quantitative estimate of drug-likeness (QED) is 0.528. The van der Waals surface area contributed by atoms with Gasteiger partial charge in [0.05, 0.1) is 12.3 Å². The molecule has 0 fully saturated rings. The molecule has 3 rings (SSSR count). The van der Waals surface area contributed by atoms with Gasteiger partial charge in [-0.15, -0.1) is 0 Å². The molecule has 1 aromatic carbocycles. The van der Waals surface area contributed by atoms with E-state index in [1.165, 1.54) is 6.08 Å². The zero-order valence-corrected chi connectivity index (χ0v) is 15.6. The van der Waals surface area contributed by atoms with Crippen LogP contribution in [0.25, 0.3) is 17.3 Å². The van der Waals surface area contributed by atoms with Crippen LogP contribution in [0.15, 0.2) is 60.6 Å². The third kappa shape index (κ3) is 4.43. The Morgan fingerprint density at radius 1 is 1.25 bits per heavy atom. The third-order valence-corrected chi connectivity index (χ3v) is 3.90. The summed E-state index contributed by atoms with van der Waals surface area (Å²) in [5.74, 6) is 0.227. The Morgan fingerprint density at radius 2 is 1.96 bits per heavy atom. The zero-order valence-electron chi connectivity index (χ0n) is 15.6. The van der Waals surface area contributed by atoms with Crippen LogP contribution in [-0.4, -0.2) is 27.3 Å². The van der Waals surface area contributed by atoms with E-state index in [1.807, 2.05) is 25.1 Å². The SMILES string of the molecule is CCOc1ccc(NC(=O)C(C#N)=Cc2cn(C)nc2-c2ccncc2)cc1. The number of hydrogen-bond acceptors (Lipinski definition) is 5. The van der Waals surface area contributed by atoms with Crippen LogP contribution in [0.1, 0.15) is 12.5 Å². The predicted molar refractivity (Wildman–Crippen MR) is 106 cm³/mol. The van der Waals surface area contributed by atoms with E-state index in [9.17, 15) is 10.1 Å². The number of amides is 1. The fourth-order valence-electron chi connectivity index (χ4n) is 2.65. The second-order valence-corrected chi connectivity index (χ2v) is 5.92. The van der Waals surface area contributed by atoms with Gasteiger partial charge in [-0.05, 0) is 49.4 Å². The van der Waals surface area contributed by atoms with E-state index in [0.29, 0.717) is 29.3 Å². The molecule has 0 spiro atoms. The van der Waals surface area contributed by atoms with Gasteiger partial charge in [0, 0.05) is 42.5 Å². The number of ether oxygens (including phenoxy) is 1. The van der Waals surface area contributed by atoms with E-state index >= 15 is 0 Å². The largest absolute Gasteiger partial charge is 0.494 e. The fraction of sp³-hybridized carbons (Fsp3) is 0.143.